The molecule has 16 heavy (non-hydrogen) atoms. The van der Waals surface area contributed by atoms with Crippen molar-refractivity contribution in [3.63, 3.8) is 0 Å². The Labute approximate surface area is 101 Å². The Morgan fingerprint density at radius 2 is 1.62 bits per heavy atom. The van der Waals surface area contributed by atoms with Gasteiger partial charge in [0.1, 0.15) is 0 Å². The van der Waals surface area contributed by atoms with Gasteiger partial charge in [0.25, 0.3) is 0 Å². The largest absolute Gasteiger partial charge is 0.315 e. The highest BCUT2D eigenvalue weighted by molar-refractivity contribution is 4.84. The maximum Gasteiger partial charge on any atom is 0.0220 e. The molecule has 0 aromatic rings. The van der Waals surface area contributed by atoms with Gasteiger partial charge in [0.15, 0.2) is 0 Å². The summed E-state index contributed by atoms with van der Waals surface area (Å²) in [5, 5.41) is 3.56. The van der Waals surface area contributed by atoms with Crippen LogP contribution < -0.4 is 5.32 Å². The molecule has 0 bridgehead atoms. The van der Waals surface area contributed by atoms with Crippen LogP contribution in [0.25, 0.3) is 0 Å². The van der Waals surface area contributed by atoms with E-state index in [1.165, 1.54) is 57.9 Å². The van der Waals surface area contributed by atoms with E-state index in [0.29, 0.717) is 0 Å². The first kappa shape index (κ1) is 12.4. The summed E-state index contributed by atoms with van der Waals surface area (Å²) in [6.07, 6.45) is 11.6. The second-order valence-electron chi connectivity index (χ2n) is 5.82. The molecule has 2 aliphatic carbocycles. The summed E-state index contributed by atoms with van der Waals surface area (Å²) in [6, 6.07) is 1.60. The van der Waals surface area contributed by atoms with Crippen molar-refractivity contribution < 1.29 is 0 Å². The normalized spacial score (nSPS) is 25.7. The summed E-state index contributed by atoms with van der Waals surface area (Å²) < 4.78 is 0. The van der Waals surface area contributed by atoms with Crippen LogP contribution in [-0.4, -0.2) is 37.6 Å². The first-order valence-electron chi connectivity index (χ1n) is 7.18. The molecule has 94 valence electrons. The Morgan fingerprint density at radius 3 is 2.19 bits per heavy atom. The molecule has 1 unspecified atom stereocenters. The maximum absolute atomic E-state index is 3.56. The second kappa shape index (κ2) is 6.02. The van der Waals surface area contributed by atoms with Crippen molar-refractivity contribution in [2.75, 3.05) is 20.6 Å². The summed E-state index contributed by atoms with van der Waals surface area (Å²) >= 11 is 0. The number of nitrogens with zero attached hydrogens (tertiary/aromatic N) is 1. The van der Waals surface area contributed by atoms with Crippen LogP contribution in [-0.2, 0) is 0 Å². The lowest BCUT2D eigenvalue weighted by molar-refractivity contribution is 0.195. The molecule has 2 fully saturated rings. The van der Waals surface area contributed by atoms with E-state index in [4.69, 9.17) is 0 Å². The zero-order valence-electron chi connectivity index (χ0n) is 11.0. The molecule has 2 heteroatoms. The second-order valence-corrected chi connectivity index (χ2v) is 5.82. The van der Waals surface area contributed by atoms with Crippen molar-refractivity contribution >= 4 is 0 Å². The molecule has 1 atom stereocenters. The van der Waals surface area contributed by atoms with Gasteiger partial charge in [0, 0.05) is 18.6 Å². The van der Waals surface area contributed by atoms with E-state index in [2.05, 4.69) is 24.3 Å². The number of rotatable bonds is 5. The molecule has 2 rings (SSSR count). The zero-order chi connectivity index (χ0) is 11.4. The van der Waals surface area contributed by atoms with Gasteiger partial charge in [-0.2, -0.15) is 0 Å². The van der Waals surface area contributed by atoms with Crippen molar-refractivity contribution in [2.24, 2.45) is 5.92 Å². The average molecular weight is 224 g/mol. The molecule has 0 aliphatic heterocycles. The van der Waals surface area contributed by atoms with Crippen LogP contribution in [0.3, 0.4) is 0 Å². The SMILES string of the molecule is CNC(CN(C)C1CCCC1)C1CCCC1. The Kier molecular flexibility index (Phi) is 4.66. The van der Waals surface area contributed by atoms with Crippen LogP contribution in [0.4, 0.5) is 0 Å². The topological polar surface area (TPSA) is 15.3 Å². The Hall–Kier alpha value is -0.0800. The molecule has 0 heterocycles. The molecule has 0 radical (unpaired) electrons. The quantitative estimate of drug-likeness (QED) is 0.772. The van der Waals surface area contributed by atoms with Gasteiger partial charge in [-0.3, -0.25) is 0 Å². The number of hydrogen-bond donors (Lipinski definition) is 1. The van der Waals surface area contributed by atoms with E-state index in [0.717, 1.165) is 18.0 Å². The summed E-state index contributed by atoms with van der Waals surface area (Å²) in [4.78, 5) is 2.62. The van der Waals surface area contributed by atoms with E-state index in [1.807, 2.05) is 0 Å². The zero-order valence-corrected chi connectivity index (χ0v) is 11.0. The van der Waals surface area contributed by atoms with Gasteiger partial charge >= 0.3 is 0 Å². The van der Waals surface area contributed by atoms with E-state index >= 15 is 0 Å². The summed E-state index contributed by atoms with van der Waals surface area (Å²) in [5.74, 6) is 0.939. The van der Waals surface area contributed by atoms with Gasteiger partial charge in [-0.1, -0.05) is 25.7 Å². The molecular weight excluding hydrogens is 196 g/mol. The lowest BCUT2D eigenvalue weighted by Crippen LogP contribution is -2.45. The fourth-order valence-corrected chi connectivity index (χ4v) is 3.64. The van der Waals surface area contributed by atoms with E-state index in [1.54, 1.807) is 0 Å². The molecule has 2 nitrogen and oxygen atoms in total. The number of nitrogens with one attached hydrogen (secondary N) is 1. The van der Waals surface area contributed by atoms with Crippen LogP contribution in [0, 0.1) is 5.92 Å². The van der Waals surface area contributed by atoms with Crippen LogP contribution in [0.5, 0.6) is 0 Å². The van der Waals surface area contributed by atoms with Crippen LogP contribution >= 0.6 is 0 Å². The monoisotopic (exact) mass is 224 g/mol. The van der Waals surface area contributed by atoms with Crippen LogP contribution in [0.2, 0.25) is 0 Å². The standard InChI is InChI=1S/C14H28N2/c1-15-14(12-7-3-4-8-12)11-16(2)13-9-5-6-10-13/h12-15H,3-11H2,1-2H3. The van der Waals surface area contributed by atoms with Gasteiger partial charge in [0.2, 0.25) is 0 Å². The van der Waals surface area contributed by atoms with E-state index in [-0.39, 0.29) is 0 Å². The molecule has 0 saturated heterocycles. The summed E-state index contributed by atoms with van der Waals surface area (Å²) in [6.45, 7) is 1.26. The third-order valence-electron chi connectivity index (χ3n) is 4.77. The first-order chi connectivity index (χ1) is 7.81. The van der Waals surface area contributed by atoms with Crippen molar-refractivity contribution in [1.82, 2.24) is 10.2 Å². The van der Waals surface area contributed by atoms with Crippen molar-refractivity contribution in [2.45, 2.75) is 63.5 Å². The minimum Gasteiger partial charge on any atom is -0.315 e. The van der Waals surface area contributed by atoms with Crippen molar-refractivity contribution in [3.05, 3.63) is 0 Å². The number of hydrogen-bond acceptors (Lipinski definition) is 2. The van der Waals surface area contributed by atoms with Crippen molar-refractivity contribution in [1.29, 1.82) is 0 Å². The van der Waals surface area contributed by atoms with E-state index in [9.17, 15) is 0 Å². The summed E-state index contributed by atoms with van der Waals surface area (Å²) in [7, 11) is 4.47. The van der Waals surface area contributed by atoms with Crippen LogP contribution in [0.1, 0.15) is 51.4 Å². The van der Waals surface area contributed by atoms with Crippen molar-refractivity contribution in [3.8, 4) is 0 Å². The fraction of sp³-hybridized carbons (Fsp3) is 1.00. The highest BCUT2D eigenvalue weighted by atomic mass is 15.2. The average Bonchev–Trinajstić information content (AvgIpc) is 2.96. The molecule has 1 N–H and O–H groups in total. The molecule has 0 amide bonds. The van der Waals surface area contributed by atoms with Gasteiger partial charge < -0.3 is 10.2 Å². The predicted octanol–water partition coefficient (Wildman–Crippen LogP) is 2.64. The van der Waals surface area contributed by atoms with E-state index < -0.39 is 0 Å². The molecule has 2 saturated carbocycles. The Balaban J connectivity index is 1.80. The minimum absolute atomic E-state index is 0.730. The lowest BCUT2D eigenvalue weighted by atomic mass is 9.97. The minimum atomic E-state index is 0.730. The molecule has 0 aromatic carbocycles. The molecule has 0 spiro atoms. The third kappa shape index (κ3) is 2.98. The van der Waals surface area contributed by atoms with Gasteiger partial charge in [0.05, 0.1) is 0 Å². The predicted molar refractivity (Wildman–Crippen MR) is 69.7 cm³/mol. The number of likely N-dealkylation sites (N-methyl/N-ethyl adjacent to an activating group) is 2. The maximum atomic E-state index is 3.56. The molecule has 2 aliphatic rings. The Bertz CT molecular complexity index is 193. The molecular formula is C14H28N2. The third-order valence-corrected chi connectivity index (χ3v) is 4.77. The van der Waals surface area contributed by atoms with Gasteiger partial charge in [-0.15, -0.1) is 0 Å². The smallest absolute Gasteiger partial charge is 0.0220 e. The fourth-order valence-electron chi connectivity index (χ4n) is 3.64. The Morgan fingerprint density at radius 1 is 1.06 bits per heavy atom. The molecule has 0 aromatic heterocycles. The first-order valence-corrected chi connectivity index (χ1v) is 7.18. The summed E-state index contributed by atoms with van der Waals surface area (Å²) in [5.41, 5.74) is 0. The highest BCUT2D eigenvalue weighted by Crippen LogP contribution is 2.29. The van der Waals surface area contributed by atoms with Gasteiger partial charge in [-0.25, -0.2) is 0 Å². The van der Waals surface area contributed by atoms with Crippen LogP contribution in [0.15, 0.2) is 0 Å². The van der Waals surface area contributed by atoms with Gasteiger partial charge in [-0.05, 0) is 45.7 Å². The lowest BCUT2D eigenvalue weighted by Gasteiger charge is -2.31. The highest BCUT2D eigenvalue weighted by Gasteiger charge is 2.27.